The molecule has 0 fully saturated rings. The van der Waals surface area contributed by atoms with Gasteiger partial charge in [0.2, 0.25) is 0 Å². The summed E-state index contributed by atoms with van der Waals surface area (Å²) in [6, 6.07) is 5.93. The third-order valence-electron chi connectivity index (χ3n) is 1.62. The van der Waals surface area contributed by atoms with Crippen molar-refractivity contribution >= 4 is 21.6 Å². The van der Waals surface area contributed by atoms with E-state index in [1.165, 1.54) is 0 Å². The summed E-state index contributed by atoms with van der Waals surface area (Å²) in [5.74, 6) is 0.892. The summed E-state index contributed by atoms with van der Waals surface area (Å²) in [6.07, 6.45) is 0. The molecule has 0 aromatic heterocycles. The number of ether oxygens (including phenoxy) is 1. The summed E-state index contributed by atoms with van der Waals surface area (Å²) >= 11 is 3.41. The molecular formula is C9H12BrNO. The molecule has 0 amide bonds. The van der Waals surface area contributed by atoms with E-state index in [2.05, 4.69) is 15.9 Å². The highest BCUT2D eigenvalue weighted by Gasteiger charge is 2.04. The lowest BCUT2D eigenvalue weighted by Crippen LogP contribution is -2.09. The van der Waals surface area contributed by atoms with Crippen molar-refractivity contribution in [2.45, 2.75) is 0 Å². The second-order valence-corrected chi connectivity index (χ2v) is 3.63. The second kappa shape index (κ2) is 3.81. The molecule has 0 saturated carbocycles. The average molecular weight is 230 g/mol. The zero-order valence-electron chi connectivity index (χ0n) is 7.47. The van der Waals surface area contributed by atoms with Crippen molar-refractivity contribution in [3.63, 3.8) is 0 Å². The first-order valence-electron chi connectivity index (χ1n) is 3.66. The van der Waals surface area contributed by atoms with Crippen LogP contribution in [-0.2, 0) is 0 Å². The Morgan fingerprint density at radius 2 is 2.00 bits per heavy atom. The van der Waals surface area contributed by atoms with Crippen LogP contribution in [0.3, 0.4) is 0 Å². The predicted octanol–water partition coefficient (Wildman–Crippen LogP) is 2.52. The Morgan fingerprint density at radius 1 is 1.33 bits per heavy atom. The molecule has 0 saturated heterocycles. The van der Waals surface area contributed by atoms with Gasteiger partial charge < -0.3 is 9.64 Å². The van der Waals surface area contributed by atoms with Gasteiger partial charge in [0.1, 0.15) is 5.75 Å². The van der Waals surface area contributed by atoms with E-state index >= 15 is 0 Å². The van der Waals surface area contributed by atoms with Crippen LogP contribution in [0.4, 0.5) is 5.69 Å². The predicted molar refractivity (Wildman–Crippen MR) is 55.0 cm³/mol. The summed E-state index contributed by atoms with van der Waals surface area (Å²) in [6.45, 7) is 0. The van der Waals surface area contributed by atoms with Crippen molar-refractivity contribution in [3.05, 3.63) is 22.7 Å². The van der Waals surface area contributed by atoms with E-state index in [0.717, 1.165) is 15.9 Å². The Balaban J connectivity index is 3.12. The number of benzene rings is 1. The summed E-state index contributed by atoms with van der Waals surface area (Å²) < 4.78 is 6.26. The van der Waals surface area contributed by atoms with Gasteiger partial charge in [-0.15, -0.1) is 0 Å². The lowest BCUT2D eigenvalue weighted by Gasteiger charge is -2.16. The van der Waals surface area contributed by atoms with E-state index in [9.17, 15) is 0 Å². The molecule has 12 heavy (non-hydrogen) atoms. The Kier molecular flexibility index (Phi) is 2.98. The highest BCUT2D eigenvalue weighted by molar-refractivity contribution is 9.10. The van der Waals surface area contributed by atoms with Crippen LogP contribution < -0.4 is 9.64 Å². The van der Waals surface area contributed by atoms with Crippen molar-refractivity contribution in [3.8, 4) is 5.75 Å². The van der Waals surface area contributed by atoms with Crippen LogP contribution >= 0.6 is 15.9 Å². The molecule has 66 valence electrons. The summed E-state index contributed by atoms with van der Waals surface area (Å²) in [4.78, 5) is 2.02. The van der Waals surface area contributed by atoms with Crippen molar-refractivity contribution < 1.29 is 4.74 Å². The fourth-order valence-corrected chi connectivity index (χ4v) is 1.36. The van der Waals surface area contributed by atoms with Gasteiger partial charge in [0.15, 0.2) is 0 Å². The van der Waals surface area contributed by atoms with Crippen molar-refractivity contribution in [1.29, 1.82) is 0 Å². The molecule has 0 bridgehead atoms. The molecule has 0 aliphatic carbocycles. The first-order chi connectivity index (χ1) is 5.65. The molecular weight excluding hydrogens is 218 g/mol. The van der Waals surface area contributed by atoms with E-state index in [4.69, 9.17) is 4.74 Å². The Morgan fingerprint density at radius 3 is 2.50 bits per heavy atom. The molecule has 0 aliphatic heterocycles. The third-order valence-corrected chi connectivity index (χ3v) is 2.12. The zero-order chi connectivity index (χ0) is 9.14. The monoisotopic (exact) mass is 229 g/mol. The molecule has 0 N–H and O–H groups in total. The summed E-state index contributed by atoms with van der Waals surface area (Å²) in [5, 5.41) is 0. The van der Waals surface area contributed by atoms with Gasteiger partial charge in [-0.05, 0) is 18.2 Å². The summed E-state index contributed by atoms with van der Waals surface area (Å²) in [7, 11) is 5.66. The van der Waals surface area contributed by atoms with Crippen molar-refractivity contribution in [2.24, 2.45) is 0 Å². The fraction of sp³-hybridized carbons (Fsp3) is 0.333. The number of anilines is 1. The van der Waals surface area contributed by atoms with Crippen LogP contribution in [0, 0.1) is 0 Å². The Labute approximate surface area is 81.3 Å². The number of hydrogen-bond donors (Lipinski definition) is 0. The van der Waals surface area contributed by atoms with Crippen LogP contribution in [-0.4, -0.2) is 21.2 Å². The standard InChI is InChI=1S/C9H12BrNO/c1-11(2)8-6-7(10)4-5-9(8)12-3/h4-6H,1-3H3. The number of halogens is 1. The van der Waals surface area contributed by atoms with Crippen molar-refractivity contribution in [2.75, 3.05) is 26.1 Å². The van der Waals surface area contributed by atoms with Gasteiger partial charge in [-0.3, -0.25) is 0 Å². The van der Waals surface area contributed by atoms with E-state index in [1.54, 1.807) is 7.11 Å². The fourth-order valence-electron chi connectivity index (χ4n) is 1.01. The molecule has 0 unspecified atom stereocenters. The molecule has 0 radical (unpaired) electrons. The van der Waals surface area contributed by atoms with E-state index in [1.807, 2.05) is 37.2 Å². The number of nitrogens with zero attached hydrogens (tertiary/aromatic N) is 1. The lowest BCUT2D eigenvalue weighted by atomic mass is 10.3. The van der Waals surface area contributed by atoms with Crippen LogP contribution in [0.2, 0.25) is 0 Å². The number of methoxy groups -OCH3 is 1. The van der Waals surface area contributed by atoms with Gasteiger partial charge in [-0.25, -0.2) is 0 Å². The van der Waals surface area contributed by atoms with Gasteiger partial charge >= 0.3 is 0 Å². The highest BCUT2D eigenvalue weighted by Crippen LogP contribution is 2.29. The smallest absolute Gasteiger partial charge is 0.142 e. The molecule has 0 heterocycles. The van der Waals surface area contributed by atoms with Crippen LogP contribution in [0.15, 0.2) is 22.7 Å². The largest absolute Gasteiger partial charge is 0.495 e. The minimum atomic E-state index is 0.892. The SMILES string of the molecule is COc1ccc(Br)cc1N(C)C. The minimum absolute atomic E-state index is 0.892. The molecule has 0 aliphatic rings. The molecule has 1 aromatic carbocycles. The van der Waals surface area contributed by atoms with Gasteiger partial charge in [-0.1, -0.05) is 15.9 Å². The second-order valence-electron chi connectivity index (χ2n) is 2.71. The van der Waals surface area contributed by atoms with Crippen LogP contribution in [0.1, 0.15) is 0 Å². The zero-order valence-corrected chi connectivity index (χ0v) is 9.05. The van der Waals surface area contributed by atoms with Crippen LogP contribution in [0.25, 0.3) is 0 Å². The Bertz CT molecular complexity index is 273. The maximum Gasteiger partial charge on any atom is 0.142 e. The summed E-state index contributed by atoms with van der Waals surface area (Å²) in [5.41, 5.74) is 1.08. The number of hydrogen-bond acceptors (Lipinski definition) is 2. The third kappa shape index (κ3) is 1.91. The average Bonchev–Trinajstić information content (AvgIpc) is 2.04. The molecule has 0 spiro atoms. The number of rotatable bonds is 2. The molecule has 1 rings (SSSR count). The molecule has 3 heteroatoms. The van der Waals surface area contributed by atoms with E-state index in [0.29, 0.717) is 0 Å². The first-order valence-corrected chi connectivity index (χ1v) is 4.45. The van der Waals surface area contributed by atoms with Gasteiger partial charge in [0.05, 0.1) is 12.8 Å². The van der Waals surface area contributed by atoms with Crippen LogP contribution in [0.5, 0.6) is 5.75 Å². The van der Waals surface area contributed by atoms with Crippen molar-refractivity contribution in [1.82, 2.24) is 0 Å². The van der Waals surface area contributed by atoms with E-state index < -0.39 is 0 Å². The van der Waals surface area contributed by atoms with Gasteiger partial charge in [0.25, 0.3) is 0 Å². The molecule has 2 nitrogen and oxygen atoms in total. The van der Waals surface area contributed by atoms with Gasteiger partial charge in [-0.2, -0.15) is 0 Å². The quantitative estimate of drug-likeness (QED) is 0.773. The minimum Gasteiger partial charge on any atom is -0.495 e. The lowest BCUT2D eigenvalue weighted by molar-refractivity contribution is 0.415. The molecule has 0 atom stereocenters. The Hall–Kier alpha value is -0.700. The molecule has 1 aromatic rings. The first kappa shape index (κ1) is 9.39. The maximum atomic E-state index is 5.20. The maximum absolute atomic E-state index is 5.20. The van der Waals surface area contributed by atoms with E-state index in [-0.39, 0.29) is 0 Å². The topological polar surface area (TPSA) is 12.5 Å². The normalized spacial score (nSPS) is 9.67. The van der Waals surface area contributed by atoms with Gasteiger partial charge in [0, 0.05) is 18.6 Å². The highest BCUT2D eigenvalue weighted by atomic mass is 79.9.